The number of carbonyl (C=O) groups is 1. The molecular formula is C14H23N3O. The number of nitriles is 1. The molecule has 4 heteroatoms. The van der Waals surface area contributed by atoms with Crippen LogP contribution in [0, 0.1) is 11.3 Å². The van der Waals surface area contributed by atoms with Crippen molar-refractivity contribution in [2.75, 3.05) is 0 Å². The Hall–Kier alpha value is -1.50. The molecule has 1 saturated carbocycles. The molecule has 0 aromatic carbocycles. The predicted octanol–water partition coefficient (Wildman–Crippen LogP) is 2.23. The molecule has 0 heterocycles. The zero-order chi connectivity index (χ0) is 13.4. The molecule has 0 aromatic rings. The van der Waals surface area contributed by atoms with Gasteiger partial charge in [-0.25, -0.2) is 0 Å². The molecule has 100 valence electrons. The lowest BCUT2D eigenvalue weighted by Crippen LogP contribution is -2.32. The van der Waals surface area contributed by atoms with Crippen LogP contribution in [0.15, 0.2) is 11.8 Å². The molecule has 1 amide bonds. The van der Waals surface area contributed by atoms with Gasteiger partial charge in [-0.3, -0.25) is 4.79 Å². The smallest absolute Gasteiger partial charge is 0.263 e. The average Bonchev–Trinajstić information content (AvgIpc) is 2.57. The summed E-state index contributed by atoms with van der Waals surface area (Å²) in [4.78, 5) is 11.7. The quantitative estimate of drug-likeness (QED) is 0.456. The van der Waals surface area contributed by atoms with Crippen LogP contribution in [0.2, 0.25) is 0 Å². The van der Waals surface area contributed by atoms with Gasteiger partial charge in [0.15, 0.2) is 0 Å². The normalized spacial score (nSPS) is 18.0. The molecule has 0 aliphatic heterocycles. The monoisotopic (exact) mass is 249 g/mol. The third-order valence-electron chi connectivity index (χ3n) is 3.10. The van der Waals surface area contributed by atoms with Crippen LogP contribution in [0.3, 0.4) is 0 Å². The third kappa shape index (κ3) is 5.22. The van der Waals surface area contributed by atoms with Crippen molar-refractivity contribution in [3.05, 3.63) is 11.8 Å². The van der Waals surface area contributed by atoms with E-state index in [2.05, 4.69) is 10.6 Å². The van der Waals surface area contributed by atoms with Crippen LogP contribution in [0.5, 0.6) is 0 Å². The van der Waals surface area contributed by atoms with E-state index in [1.54, 1.807) is 6.20 Å². The summed E-state index contributed by atoms with van der Waals surface area (Å²) in [5.74, 6) is -0.298. The van der Waals surface area contributed by atoms with Gasteiger partial charge in [0.05, 0.1) is 0 Å². The van der Waals surface area contributed by atoms with Gasteiger partial charge in [-0.15, -0.1) is 0 Å². The maximum Gasteiger partial charge on any atom is 0.263 e. The fourth-order valence-electron chi connectivity index (χ4n) is 2.14. The number of nitrogens with one attached hydrogen (secondary N) is 2. The second-order valence-electron chi connectivity index (χ2n) is 5.15. The lowest BCUT2D eigenvalue weighted by Gasteiger charge is -2.14. The molecule has 18 heavy (non-hydrogen) atoms. The summed E-state index contributed by atoms with van der Waals surface area (Å²) >= 11 is 0. The summed E-state index contributed by atoms with van der Waals surface area (Å²) in [6.45, 7) is 3.76. The highest BCUT2D eigenvalue weighted by atomic mass is 16.1. The summed E-state index contributed by atoms with van der Waals surface area (Å²) in [5, 5.41) is 14.9. The zero-order valence-corrected chi connectivity index (χ0v) is 11.3. The van der Waals surface area contributed by atoms with Crippen molar-refractivity contribution in [1.29, 1.82) is 5.26 Å². The Kier molecular flexibility index (Phi) is 6.27. The van der Waals surface area contributed by atoms with Crippen LogP contribution in [0.1, 0.15) is 52.4 Å². The van der Waals surface area contributed by atoms with Crippen molar-refractivity contribution in [3.8, 4) is 6.07 Å². The highest BCUT2D eigenvalue weighted by Crippen LogP contribution is 2.17. The molecule has 0 atom stereocenters. The number of rotatable bonds is 4. The van der Waals surface area contributed by atoms with Crippen LogP contribution >= 0.6 is 0 Å². The van der Waals surface area contributed by atoms with E-state index in [0.29, 0.717) is 6.04 Å². The topological polar surface area (TPSA) is 64.9 Å². The Bertz CT molecular complexity index is 333. The van der Waals surface area contributed by atoms with E-state index in [0.717, 1.165) is 12.8 Å². The molecule has 0 unspecified atom stereocenters. The fraction of sp³-hybridized carbons (Fsp3) is 0.714. The van der Waals surface area contributed by atoms with E-state index >= 15 is 0 Å². The lowest BCUT2D eigenvalue weighted by molar-refractivity contribution is -0.117. The van der Waals surface area contributed by atoms with Crippen molar-refractivity contribution in [3.63, 3.8) is 0 Å². The Balaban J connectivity index is 2.51. The average molecular weight is 249 g/mol. The second kappa shape index (κ2) is 7.75. The highest BCUT2D eigenvalue weighted by molar-refractivity contribution is 5.97. The van der Waals surface area contributed by atoms with Crippen LogP contribution in [0.4, 0.5) is 0 Å². The van der Waals surface area contributed by atoms with Gasteiger partial charge < -0.3 is 10.6 Å². The Morgan fingerprint density at radius 1 is 1.28 bits per heavy atom. The lowest BCUT2D eigenvalue weighted by atomic mass is 10.1. The number of hydrogen-bond donors (Lipinski definition) is 2. The van der Waals surface area contributed by atoms with Crippen molar-refractivity contribution in [2.24, 2.45) is 0 Å². The summed E-state index contributed by atoms with van der Waals surface area (Å²) in [5.41, 5.74) is 0.160. The minimum absolute atomic E-state index is 0.0483. The van der Waals surface area contributed by atoms with Crippen LogP contribution in [-0.4, -0.2) is 18.0 Å². The predicted molar refractivity (Wildman–Crippen MR) is 71.6 cm³/mol. The minimum atomic E-state index is -0.298. The van der Waals surface area contributed by atoms with Crippen molar-refractivity contribution in [1.82, 2.24) is 10.6 Å². The van der Waals surface area contributed by atoms with E-state index in [1.165, 1.54) is 25.7 Å². The van der Waals surface area contributed by atoms with E-state index in [4.69, 9.17) is 5.26 Å². The summed E-state index contributed by atoms with van der Waals surface area (Å²) < 4.78 is 0. The number of amides is 1. The molecule has 1 aliphatic rings. The highest BCUT2D eigenvalue weighted by Gasteiger charge is 2.13. The molecule has 1 fully saturated rings. The molecule has 4 nitrogen and oxygen atoms in total. The van der Waals surface area contributed by atoms with E-state index < -0.39 is 0 Å². The zero-order valence-electron chi connectivity index (χ0n) is 11.3. The first-order valence-corrected chi connectivity index (χ1v) is 6.80. The summed E-state index contributed by atoms with van der Waals surface area (Å²) in [7, 11) is 0. The Labute approximate surface area is 109 Å². The van der Waals surface area contributed by atoms with Crippen LogP contribution in [0.25, 0.3) is 0 Å². The fourth-order valence-corrected chi connectivity index (χ4v) is 2.14. The molecule has 2 N–H and O–H groups in total. The van der Waals surface area contributed by atoms with E-state index in [-0.39, 0.29) is 17.5 Å². The molecule has 0 bridgehead atoms. The van der Waals surface area contributed by atoms with Gasteiger partial charge in [-0.05, 0) is 26.7 Å². The van der Waals surface area contributed by atoms with Gasteiger partial charge in [0, 0.05) is 18.3 Å². The Morgan fingerprint density at radius 2 is 1.89 bits per heavy atom. The standard InChI is InChI=1S/C14H23N3O/c1-11(2)17-14(18)12(9-15)10-16-13-7-5-3-4-6-8-13/h10-11,13,16H,3-8H2,1-2H3,(H,17,18)/b12-10-. The molecule has 1 rings (SSSR count). The number of hydrogen-bond acceptors (Lipinski definition) is 3. The van der Waals surface area contributed by atoms with Crippen molar-refractivity contribution in [2.45, 2.75) is 64.5 Å². The first-order chi connectivity index (χ1) is 8.63. The number of nitrogens with zero attached hydrogens (tertiary/aromatic N) is 1. The van der Waals surface area contributed by atoms with Gasteiger partial charge in [-0.2, -0.15) is 5.26 Å². The molecular weight excluding hydrogens is 226 g/mol. The van der Waals surface area contributed by atoms with Crippen molar-refractivity contribution >= 4 is 5.91 Å². The van der Waals surface area contributed by atoms with Gasteiger partial charge in [0.1, 0.15) is 11.6 Å². The first-order valence-electron chi connectivity index (χ1n) is 6.80. The first kappa shape index (κ1) is 14.6. The largest absolute Gasteiger partial charge is 0.387 e. The van der Waals surface area contributed by atoms with Gasteiger partial charge in [-0.1, -0.05) is 25.7 Å². The van der Waals surface area contributed by atoms with Crippen LogP contribution in [-0.2, 0) is 4.79 Å². The molecule has 0 aromatic heterocycles. The van der Waals surface area contributed by atoms with E-state index in [9.17, 15) is 4.79 Å². The van der Waals surface area contributed by atoms with E-state index in [1.807, 2.05) is 19.9 Å². The molecule has 0 radical (unpaired) electrons. The summed E-state index contributed by atoms with van der Waals surface area (Å²) in [6, 6.07) is 2.40. The maximum absolute atomic E-state index is 11.7. The minimum Gasteiger partial charge on any atom is -0.387 e. The molecule has 1 aliphatic carbocycles. The van der Waals surface area contributed by atoms with Crippen LogP contribution < -0.4 is 10.6 Å². The molecule has 0 saturated heterocycles. The molecule has 0 spiro atoms. The van der Waals surface area contributed by atoms with Gasteiger partial charge in [0.25, 0.3) is 5.91 Å². The third-order valence-corrected chi connectivity index (χ3v) is 3.10. The Morgan fingerprint density at radius 3 is 2.39 bits per heavy atom. The SMILES string of the molecule is CC(C)NC(=O)/C(C#N)=C\NC1CCCCCC1. The second-order valence-corrected chi connectivity index (χ2v) is 5.15. The van der Waals surface area contributed by atoms with Gasteiger partial charge in [0.2, 0.25) is 0 Å². The van der Waals surface area contributed by atoms with Crippen molar-refractivity contribution < 1.29 is 4.79 Å². The maximum atomic E-state index is 11.7. The number of carbonyl (C=O) groups excluding carboxylic acids is 1. The van der Waals surface area contributed by atoms with Gasteiger partial charge >= 0.3 is 0 Å². The summed E-state index contributed by atoms with van der Waals surface area (Å²) in [6.07, 6.45) is 8.87.